The first kappa shape index (κ1) is 13.6. The third-order valence-electron chi connectivity index (χ3n) is 1.92. The molecule has 0 fully saturated rings. The van der Waals surface area contributed by atoms with Crippen LogP contribution in [0, 0.1) is 0 Å². The minimum absolute atomic E-state index is 0.376. The zero-order chi connectivity index (χ0) is 12.3. The minimum Gasteiger partial charge on any atom is -0.609 e. The Balaban J connectivity index is 2.96. The molecule has 0 aliphatic rings. The summed E-state index contributed by atoms with van der Waals surface area (Å²) in [6.07, 6.45) is 0. The van der Waals surface area contributed by atoms with Crippen molar-refractivity contribution in [1.82, 2.24) is 0 Å². The predicted molar refractivity (Wildman–Crippen MR) is 64.5 cm³/mol. The molecule has 0 aromatic heterocycles. The average molecular weight is 282 g/mol. The Hall–Kier alpha value is -0.420. The molecule has 1 aromatic carbocycles. The number of hydrogen-bond acceptors (Lipinski definition) is 3. The van der Waals surface area contributed by atoms with Gasteiger partial charge in [0.1, 0.15) is 5.75 Å². The molecule has 1 aromatic rings. The SMILES string of the molecule is COc1ccc([S+]([O-])C(Cl)(Cl)[13C](C)=O)cc1. The second-order valence-corrected chi connectivity index (χ2v) is 6.41. The fraction of sp³-hybridized carbons (Fsp3) is 0.300. The molecular formula is C10H10Cl2O3S. The third kappa shape index (κ3) is 2.83. The van der Waals surface area contributed by atoms with E-state index in [1.165, 1.54) is 14.0 Å². The highest BCUT2D eigenvalue weighted by Crippen LogP contribution is 2.35. The van der Waals surface area contributed by atoms with Crippen LogP contribution >= 0.6 is 23.2 Å². The van der Waals surface area contributed by atoms with Crippen LogP contribution < -0.4 is 4.74 Å². The van der Waals surface area contributed by atoms with Gasteiger partial charge in [0.15, 0.2) is 4.90 Å². The van der Waals surface area contributed by atoms with Crippen molar-refractivity contribution in [2.45, 2.75) is 15.5 Å². The van der Waals surface area contributed by atoms with Crippen molar-refractivity contribution < 1.29 is 14.1 Å². The molecule has 0 radical (unpaired) electrons. The van der Waals surface area contributed by atoms with Crippen molar-refractivity contribution >= 4 is 40.2 Å². The molecule has 0 bridgehead atoms. The van der Waals surface area contributed by atoms with Crippen LogP contribution in [0.25, 0.3) is 0 Å². The molecule has 6 heteroatoms. The Labute approximate surface area is 107 Å². The van der Waals surface area contributed by atoms with E-state index >= 15 is 0 Å². The van der Waals surface area contributed by atoms with Crippen molar-refractivity contribution in [2.24, 2.45) is 0 Å². The molecule has 16 heavy (non-hydrogen) atoms. The molecule has 1 unspecified atom stereocenters. The largest absolute Gasteiger partial charge is 0.609 e. The Kier molecular flexibility index (Phi) is 4.50. The fourth-order valence-electron chi connectivity index (χ4n) is 0.978. The number of rotatable bonds is 4. The van der Waals surface area contributed by atoms with Crippen LogP contribution in [0.5, 0.6) is 5.75 Å². The fourth-order valence-corrected chi connectivity index (χ4v) is 2.45. The van der Waals surface area contributed by atoms with Gasteiger partial charge in [0.05, 0.1) is 7.11 Å². The number of hydrogen-bond donors (Lipinski definition) is 0. The van der Waals surface area contributed by atoms with E-state index in [-0.39, 0.29) is 0 Å². The Bertz CT molecular complexity index is 378. The van der Waals surface area contributed by atoms with E-state index in [1.807, 2.05) is 0 Å². The smallest absolute Gasteiger partial charge is 0.336 e. The number of methoxy groups -OCH3 is 1. The lowest BCUT2D eigenvalue weighted by molar-refractivity contribution is -0.116. The molecule has 1 atom stereocenters. The lowest BCUT2D eigenvalue weighted by Crippen LogP contribution is -2.33. The lowest BCUT2D eigenvalue weighted by atomic mass is 10.3. The maximum atomic E-state index is 11.9. The zero-order valence-corrected chi connectivity index (χ0v) is 11.0. The van der Waals surface area contributed by atoms with Crippen LogP contribution in [0.2, 0.25) is 0 Å². The summed E-state index contributed by atoms with van der Waals surface area (Å²) < 4.78 is 14.9. The van der Waals surface area contributed by atoms with E-state index in [0.717, 1.165) is 0 Å². The second kappa shape index (κ2) is 5.27. The summed E-state index contributed by atoms with van der Waals surface area (Å²) in [5.41, 5.74) is 0. The third-order valence-corrected chi connectivity index (χ3v) is 4.74. The van der Waals surface area contributed by atoms with Gasteiger partial charge in [0.2, 0.25) is 5.78 Å². The highest BCUT2D eigenvalue weighted by Gasteiger charge is 2.44. The van der Waals surface area contributed by atoms with E-state index in [9.17, 15) is 9.35 Å². The Morgan fingerprint density at radius 1 is 1.38 bits per heavy atom. The van der Waals surface area contributed by atoms with Crippen molar-refractivity contribution in [3.05, 3.63) is 24.3 Å². The highest BCUT2D eigenvalue weighted by atomic mass is 35.5. The van der Waals surface area contributed by atoms with Crippen molar-refractivity contribution in [1.29, 1.82) is 0 Å². The number of halogens is 2. The minimum atomic E-state index is -1.91. The Morgan fingerprint density at radius 2 is 1.88 bits per heavy atom. The normalized spacial score (nSPS) is 13.3. The predicted octanol–water partition coefficient (Wildman–Crippen LogP) is 2.52. The van der Waals surface area contributed by atoms with E-state index in [1.54, 1.807) is 24.3 Å². The van der Waals surface area contributed by atoms with Crippen LogP contribution in [0.3, 0.4) is 0 Å². The summed E-state index contributed by atoms with van der Waals surface area (Å²) in [6, 6.07) is 6.35. The topological polar surface area (TPSA) is 49.4 Å². The molecule has 0 N–H and O–H groups in total. The standard InChI is InChI=1S/C10H10Cl2O3S/c1-7(13)10(11,12)16(14)9-5-3-8(15-2)4-6-9/h3-6H,1-2H3/i7+1. The maximum absolute atomic E-state index is 11.9. The first-order valence-electron chi connectivity index (χ1n) is 4.34. The van der Waals surface area contributed by atoms with Gasteiger partial charge in [0.25, 0.3) is 0 Å². The number of carbonyl (C=O) groups excluding carboxylic acids is 1. The molecule has 0 heterocycles. The van der Waals surface area contributed by atoms with Gasteiger partial charge in [-0.3, -0.25) is 4.79 Å². The van der Waals surface area contributed by atoms with Gasteiger partial charge in [-0.1, -0.05) is 0 Å². The summed E-state index contributed by atoms with van der Waals surface area (Å²) in [6.45, 7) is 1.20. The maximum Gasteiger partial charge on any atom is 0.336 e. The van der Waals surface area contributed by atoms with Crippen molar-refractivity contribution in [3.8, 4) is 5.75 Å². The number of alkyl halides is 2. The summed E-state index contributed by atoms with van der Waals surface area (Å²) in [5, 5.41) is 0. The molecule has 1 rings (SSSR count). The summed E-state index contributed by atoms with van der Waals surface area (Å²) in [4.78, 5) is 11.5. The molecule has 0 amide bonds. The van der Waals surface area contributed by atoms with Gasteiger partial charge >= 0.3 is 3.67 Å². The van der Waals surface area contributed by atoms with Crippen molar-refractivity contribution in [2.75, 3.05) is 7.11 Å². The van der Waals surface area contributed by atoms with Crippen LogP contribution in [-0.2, 0) is 16.0 Å². The molecule has 3 nitrogen and oxygen atoms in total. The van der Waals surface area contributed by atoms with Crippen molar-refractivity contribution in [3.63, 3.8) is 0 Å². The van der Waals surface area contributed by atoms with Gasteiger partial charge in [0, 0.05) is 18.1 Å². The molecular weight excluding hydrogens is 272 g/mol. The molecule has 0 spiro atoms. The van der Waals surface area contributed by atoms with Gasteiger partial charge in [-0.25, -0.2) is 0 Å². The number of Topliss-reactive ketones (excluding diaryl/α,β-unsaturated/α-hetero) is 1. The van der Waals surface area contributed by atoms with Gasteiger partial charge in [-0.05, 0) is 47.5 Å². The zero-order valence-electron chi connectivity index (χ0n) is 8.70. The molecule has 0 saturated heterocycles. The summed E-state index contributed by atoms with van der Waals surface area (Å²) >= 11 is 9.62. The molecule has 0 aliphatic heterocycles. The van der Waals surface area contributed by atoms with E-state index in [4.69, 9.17) is 27.9 Å². The average Bonchev–Trinajstić information content (AvgIpc) is 2.28. The first-order chi connectivity index (χ1) is 7.39. The molecule has 0 aliphatic carbocycles. The van der Waals surface area contributed by atoms with E-state index < -0.39 is 20.6 Å². The van der Waals surface area contributed by atoms with Crippen LogP contribution in [0.4, 0.5) is 0 Å². The van der Waals surface area contributed by atoms with Crippen LogP contribution in [-0.4, -0.2) is 21.1 Å². The second-order valence-electron chi connectivity index (χ2n) is 3.02. The monoisotopic (exact) mass is 281 g/mol. The summed E-state index contributed by atoms with van der Waals surface area (Å²) in [5.74, 6) is 0.0725. The van der Waals surface area contributed by atoms with Gasteiger partial charge < -0.3 is 9.29 Å². The number of ketones is 1. The van der Waals surface area contributed by atoms with E-state index in [0.29, 0.717) is 10.6 Å². The van der Waals surface area contributed by atoms with Crippen LogP contribution in [0.1, 0.15) is 6.92 Å². The quantitative estimate of drug-likeness (QED) is 0.484. The van der Waals surface area contributed by atoms with Crippen LogP contribution in [0.15, 0.2) is 29.2 Å². The molecule has 0 saturated carbocycles. The Morgan fingerprint density at radius 3 is 2.25 bits per heavy atom. The number of benzene rings is 1. The van der Waals surface area contributed by atoms with Gasteiger partial charge in [-0.15, -0.1) is 0 Å². The number of ether oxygens (including phenoxy) is 1. The lowest BCUT2D eigenvalue weighted by Gasteiger charge is -2.20. The highest BCUT2D eigenvalue weighted by molar-refractivity contribution is 7.96. The van der Waals surface area contributed by atoms with Gasteiger partial charge in [-0.2, -0.15) is 0 Å². The number of carbonyl (C=O) groups is 1. The van der Waals surface area contributed by atoms with E-state index in [2.05, 4.69) is 0 Å². The first-order valence-corrected chi connectivity index (χ1v) is 6.25. The molecule has 88 valence electrons. The summed E-state index contributed by atoms with van der Waals surface area (Å²) in [7, 11) is 1.52.